The maximum atomic E-state index is 11.3. The van der Waals surface area contributed by atoms with E-state index in [1.807, 2.05) is 24.3 Å². The van der Waals surface area contributed by atoms with Crippen LogP contribution in [0.15, 0.2) is 24.3 Å². The number of benzene rings is 1. The number of hydrogen-bond donors (Lipinski definition) is 1. The molecule has 1 N–H and O–H groups in total. The van der Waals surface area contributed by atoms with Gasteiger partial charge < -0.3 is 5.32 Å². The third-order valence-electron chi connectivity index (χ3n) is 1.82. The summed E-state index contributed by atoms with van der Waals surface area (Å²) in [5.74, 6) is -0.127. The van der Waals surface area contributed by atoms with E-state index in [4.69, 9.17) is 0 Å². The molecule has 0 atom stereocenters. The van der Waals surface area contributed by atoms with E-state index in [9.17, 15) is 4.79 Å². The second-order valence-corrected chi connectivity index (χ2v) is 3.41. The zero-order valence-corrected chi connectivity index (χ0v) is 7.89. The molecule has 0 spiro atoms. The van der Waals surface area contributed by atoms with Gasteiger partial charge in [0.05, 0.1) is 4.70 Å². The number of carbonyl (C=O) groups is 1. The number of fused-ring (bicyclic) bond motifs is 1. The first kappa shape index (κ1) is 8.19. The molecule has 3 nitrogen and oxygen atoms in total. The van der Waals surface area contributed by atoms with Crippen LogP contribution in [0.3, 0.4) is 0 Å². The van der Waals surface area contributed by atoms with Gasteiger partial charge in [0, 0.05) is 12.4 Å². The van der Waals surface area contributed by atoms with Crippen LogP contribution >= 0.6 is 11.5 Å². The van der Waals surface area contributed by atoms with Gasteiger partial charge >= 0.3 is 0 Å². The van der Waals surface area contributed by atoms with E-state index < -0.39 is 0 Å². The summed E-state index contributed by atoms with van der Waals surface area (Å²) in [5.41, 5.74) is 0.517. The Hall–Kier alpha value is -1.42. The first-order valence-corrected chi connectivity index (χ1v) is 4.67. The lowest BCUT2D eigenvalue weighted by molar-refractivity contribution is 0.0961. The highest BCUT2D eigenvalue weighted by Gasteiger charge is 2.11. The van der Waals surface area contributed by atoms with Gasteiger partial charge in [0.15, 0.2) is 0 Å². The Morgan fingerprint density at radius 2 is 2.23 bits per heavy atom. The number of rotatable bonds is 1. The molecule has 0 aliphatic carbocycles. The summed E-state index contributed by atoms with van der Waals surface area (Å²) in [5, 5.41) is 3.49. The molecule has 66 valence electrons. The van der Waals surface area contributed by atoms with Crippen LogP contribution in [0, 0.1) is 0 Å². The van der Waals surface area contributed by atoms with E-state index in [0.29, 0.717) is 5.69 Å². The lowest BCUT2D eigenvalue weighted by atomic mass is 10.2. The summed E-state index contributed by atoms with van der Waals surface area (Å²) in [6.45, 7) is 0. The van der Waals surface area contributed by atoms with E-state index in [2.05, 4.69) is 9.69 Å². The summed E-state index contributed by atoms with van der Waals surface area (Å²) < 4.78 is 5.14. The molecular weight excluding hydrogens is 184 g/mol. The lowest BCUT2D eigenvalue weighted by Gasteiger charge is -1.94. The number of nitrogens with one attached hydrogen (secondary N) is 1. The Kier molecular flexibility index (Phi) is 1.98. The highest BCUT2D eigenvalue weighted by molar-refractivity contribution is 7.13. The van der Waals surface area contributed by atoms with Crippen LogP contribution in [-0.2, 0) is 0 Å². The summed E-state index contributed by atoms with van der Waals surface area (Å²) in [7, 11) is 1.61. The Morgan fingerprint density at radius 3 is 3.00 bits per heavy atom. The maximum Gasteiger partial charge on any atom is 0.271 e. The van der Waals surface area contributed by atoms with Crippen molar-refractivity contribution < 1.29 is 4.79 Å². The second-order valence-electron chi connectivity index (χ2n) is 2.61. The molecule has 1 aromatic heterocycles. The highest BCUT2D eigenvalue weighted by atomic mass is 32.1. The largest absolute Gasteiger partial charge is 0.354 e. The first-order chi connectivity index (χ1) is 6.33. The standard InChI is InChI=1S/C9H8N2OS/c1-10-9(12)8-6-4-2-3-5-7(6)13-11-8/h2-5H,1H3,(H,10,12). The third-order valence-corrected chi connectivity index (χ3v) is 2.65. The van der Waals surface area contributed by atoms with Crippen molar-refractivity contribution in [2.75, 3.05) is 7.05 Å². The van der Waals surface area contributed by atoms with Gasteiger partial charge in [-0.1, -0.05) is 18.2 Å². The molecule has 0 radical (unpaired) electrons. The van der Waals surface area contributed by atoms with Gasteiger partial charge in [-0.05, 0) is 17.6 Å². The van der Waals surface area contributed by atoms with Crippen molar-refractivity contribution in [2.45, 2.75) is 0 Å². The monoisotopic (exact) mass is 192 g/mol. The average molecular weight is 192 g/mol. The van der Waals surface area contributed by atoms with Crippen molar-refractivity contribution in [2.24, 2.45) is 0 Å². The molecule has 4 heteroatoms. The predicted molar refractivity (Wildman–Crippen MR) is 53.0 cm³/mol. The van der Waals surface area contributed by atoms with Crippen LogP contribution in [0.25, 0.3) is 10.1 Å². The molecule has 1 amide bonds. The fourth-order valence-corrected chi connectivity index (χ4v) is 1.94. The minimum Gasteiger partial charge on any atom is -0.354 e. The topological polar surface area (TPSA) is 42.0 Å². The minimum atomic E-state index is -0.127. The van der Waals surface area contributed by atoms with Crippen LogP contribution in [0.5, 0.6) is 0 Å². The molecule has 0 bridgehead atoms. The Labute approximate surface area is 79.6 Å². The van der Waals surface area contributed by atoms with Crippen LogP contribution in [0.1, 0.15) is 10.5 Å². The van der Waals surface area contributed by atoms with E-state index >= 15 is 0 Å². The van der Waals surface area contributed by atoms with Crippen LogP contribution in [0.2, 0.25) is 0 Å². The highest BCUT2D eigenvalue weighted by Crippen LogP contribution is 2.21. The number of aromatic nitrogens is 1. The molecule has 0 aliphatic rings. The summed E-state index contributed by atoms with van der Waals surface area (Å²) >= 11 is 1.35. The number of amides is 1. The molecule has 2 aromatic rings. The van der Waals surface area contributed by atoms with Crippen LogP contribution in [-0.4, -0.2) is 17.3 Å². The van der Waals surface area contributed by atoms with Crippen molar-refractivity contribution in [3.05, 3.63) is 30.0 Å². The normalized spacial score (nSPS) is 10.2. The van der Waals surface area contributed by atoms with Crippen molar-refractivity contribution in [3.63, 3.8) is 0 Å². The fraction of sp³-hybridized carbons (Fsp3) is 0.111. The molecule has 0 saturated heterocycles. The zero-order chi connectivity index (χ0) is 9.26. The number of carbonyl (C=O) groups excluding carboxylic acids is 1. The summed E-state index contributed by atoms with van der Waals surface area (Å²) in [6, 6.07) is 7.71. The van der Waals surface area contributed by atoms with E-state index in [-0.39, 0.29) is 5.91 Å². The van der Waals surface area contributed by atoms with Crippen molar-refractivity contribution >= 4 is 27.5 Å². The van der Waals surface area contributed by atoms with Gasteiger partial charge in [-0.2, -0.15) is 4.37 Å². The molecule has 2 rings (SSSR count). The second kappa shape index (κ2) is 3.14. The molecule has 13 heavy (non-hydrogen) atoms. The smallest absolute Gasteiger partial charge is 0.271 e. The quantitative estimate of drug-likeness (QED) is 0.746. The zero-order valence-electron chi connectivity index (χ0n) is 7.07. The molecule has 1 aromatic carbocycles. The van der Waals surface area contributed by atoms with Gasteiger partial charge in [-0.3, -0.25) is 4.79 Å². The fourth-order valence-electron chi connectivity index (χ4n) is 1.17. The minimum absolute atomic E-state index is 0.127. The van der Waals surface area contributed by atoms with Crippen molar-refractivity contribution in [1.82, 2.24) is 9.69 Å². The SMILES string of the molecule is CNC(=O)c1nsc2ccccc12. The van der Waals surface area contributed by atoms with E-state index in [1.54, 1.807) is 7.05 Å². The molecule has 0 aliphatic heterocycles. The van der Waals surface area contributed by atoms with Crippen LogP contribution < -0.4 is 5.32 Å². The molecule has 0 saturated carbocycles. The maximum absolute atomic E-state index is 11.3. The van der Waals surface area contributed by atoms with E-state index in [1.165, 1.54) is 11.5 Å². The summed E-state index contributed by atoms with van der Waals surface area (Å²) in [4.78, 5) is 11.3. The Bertz CT molecular complexity index is 450. The van der Waals surface area contributed by atoms with Gasteiger partial charge in [-0.25, -0.2) is 0 Å². The summed E-state index contributed by atoms with van der Waals surface area (Å²) in [6.07, 6.45) is 0. The number of hydrogen-bond acceptors (Lipinski definition) is 3. The lowest BCUT2D eigenvalue weighted by Crippen LogP contribution is -2.18. The van der Waals surface area contributed by atoms with Crippen LogP contribution in [0.4, 0.5) is 0 Å². The Morgan fingerprint density at radius 1 is 1.46 bits per heavy atom. The van der Waals surface area contributed by atoms with Crippen molar-refractivity contribution in [1.29, 1.82) is 0 Å². The third kappa shape index (κ3) is 1.29. The van der Waals surface area contributed by atoms with Crippen molar-refractivity contribution in [3.8, 4) is 0 Å². The van der Waals surface area contributed by atoms with E-state index in [0.717, 1.165) is 10.1 Å². The first-order valence-electron chi connectivity index (χ1n) is 3.89. The average Bonchev–Trinajstić information content (AvgIpc) is 2.60. The molecule has 0 fully saturated rings. The van der Waals surface area contributed by atoms with Gasteiger partial charge in [0.25, 0.3) is 5.91 Å². The van der Waals surface area contributed by atoms with Gasteiger partial charge in [0.2, 0.25) is 0 Å². The predicted octanol–water partition coefficient (Wildman–Crippen LogP) is 1.66. The number of nitrogens with zero attached hydrogens (tertiary/aromatic N) is 1. The van der Waals surface area contributed by atoms with Gasteiger partial charge in [0.1, 0.15) is 5.69 Å². The Balaban J connectivity index is 2.64. The molecular formula is C9H8N2OS. The van der Waals surface area contributed by atoms with Gasteiger partial charge in [-0.15, -0.1) is 0 Å². The molecule has 1 heterocycles. The molecule has 0 unspecified atom stereocenters.